The summed E-state index contributed by atoms with van der Waals surface area (Å²) in [5.74, 6) is -0.0592. The van der Waals surface area contributed by atoms with Gasteiger partial charge < -0.3 is 4.90 Å². The van der Waals surface area contributed by atoms with Crippen molar-refractivity contribution in [3.63, 3.8) is 0 Å². The van der Waals surface area contributed by atoms with Crippen molar-refractivity contribution in [2.24, 2.45) is 4.99 Å². The first-order valence-corrected chi connectivity index (χ1v) is 11.3. The molecule has 6 heteroatoms. The molecule has 162 valence electrons. The minimum Gasteiger partial charge on any atom is -0.369 e. The highest BCUT2D eigenvalue weighted by atomic mass is 35.5. The van der Waals surface area contributed by atoms with E-state index in [-0.39, 0.29) is 5.91 Å². The van der Waals surface area contributed by atoms with Crippen molar-refractivity contribution in [1.82, 2.24) is 4.90 Å². The first-order chi connectivity index (χ1) is 15.6. The van der Waals surface area contributed by atoms with Gasteiger partial charge in [-0.25, -0.2) is 4.99 Å². The molecular weight excluding hydrogens is 420 g/mol. The number of benzene rings is 3. The van der Waals surface area contributed by atoms with E-state index >= 15 is 0 Å². The lowest BCUT2D eigenvalue weighted by Gasteiger charge is -2.37. The van der Waals surface area contributed by atoms with Gasteiger partial charge in [0.1, 0.15) is 5.71 Å². The summed E-state index contributed by atoms with van der Waals surface area (Å²) in [7, 11) is 0. The summed E-state index contributed by atoms with van der Waals surface area (Å²) in [6.07, 6.45) is 0. The molecular formula is C26H25ClN4O. The molecule has 0 atom stereocenters. The third-order valence-electron chi connectivity index (χ3n) is 6.14. The molecule has 1 amide bonds. The second-order valence-electron chi connectivity index (χ2n) is 8.22. The summed E-state index contributed by atoms with van der Waals surface area (Å²) in [5.41, 5.74) is 5.24. The molecule has 3 aromatic carbocycles. The number of carbonyl (C=O) groups excluding carboxylic acids is 1. The molecule has 1 saturated heterocycles. The van der Waals surface area contributed by atoms with Crippen molar-refractivity contribution in [2.45, 2.75) is 6.92 Å². The van der Waals surface area contributed by atoms with Crippen LogP contribution in [0.1, 0.15) is 11.1 Å². The van der Waals surface area contributed by atoms with E-state index in [0.717, 1.165) is 48.7 Å². The molecule has 0 aromatic heterocycles. The fraction of sp³-hybridized carbons (Fsp3) is 0.231. The number of hydrogen-bond donors (Lipinski definition) is 0. The molecule has 5 rings (SSSR count). The van der Waals surface area contributed by atoms with E-state index in [1.165, 1.54) is 5.69 Å². The molecule has 0 bridgehead atoms. The van der Waals surface area contributed by atoms with E-state index in [0.29, 0.717) is 17.4 Å². The molecule has 0 N–H and O–H groups in total. The number of nitrogens with zero attached hydrogens (tertiary/aromatic N) is 4. The number of halogens is 1. The predicted octanol–water partition coefficient (Wildman–Crippen LogP) is 4.90. The monoisotopic (exact) mass is 444 g/mol. The lowest BCUT2D eigenvalue weighted by molar-refractivity contribution is -0.112. The molecule has 1 fully saturated rings. The number of amides is 1. The number of hydrogen-bond acceptors (Lipinski definition) is 4. The molecule has 32 heavy (non-hydrogen) atoms. The molecule has 0 saturated carbocycles. The Balaban J connectivity index is 1.36. The Morgan fingerprint density at radius 2 is 1.62 bits per heavy atom. The van der Waals surface area contributed by atoms with Crippen LogP contribution in [0.4, 0.5) is 17.1 Å². The Labute approximate surface area is 193 Å². The van der Waals surface area contributed by atoms with Crippen LogP contribution in [0.2, 0.25) is 5.02 Å². The van der Waals surface area contributed by atoms with Crippen molar-refractivity contribution >= 4 is 40.3 Å². The van der Waals surface area contributed by atoms with E-state index in [2.05, 4.69) is 34.1 Å². The maximum atomic E-state index is 13.4. The number of aliphatic imine (C=N–C) groups is 1. The molecule has 0 aliphatic carbocycles. The molecule has 2 aliphatic heterocycles. The quantitative estimate of drug-likeness (QED) is 0.574. The normalized spacial score (nSPS) is 17.8. The topological polar surface area (TPSA) is 39.2 Å². The fourth-order valence-electron chi connectivity index (χ4n) is 4.32. The number of piperazine rings is 1. The summed E-state index contributed by atoms with van der Waals surface area (Å²) >= 11 is 6.18. The van der Waals surface area contributed by atoms with Crippen LogP contribution in [0.3, 0.4) is 0 Å². The van der Waals surface area contributed by atoms with Crippen molar-refractivity contribution < 1.29 is 4.79 Å². The van der Waals surface area contributed by atoms with Crippen molar-refractivity contribution in [3.05, 3.63) is 88.9 Å². The predicted molar refractivity (Wildman–Crippen MR) is 131 cm³/mol. The van der Waals surface area contributed by atoms with Crippen LogP contribution >= 0.6 is 11.6 Å². The fourth-order valence-corrected chi connectivity index (χ4v) is 4.49. The number of fused-ring (bicyclic) bond motifs is 1. The molecule has 0 spiro atoms. The summed E-state index contributed by atoms with van der Waals surface area (Å²) in [5, 5.41) is 0.613. The van der Waals surface area contributed by atoms with Gasteiger partial charge in [-0.15, -0.1) is 0 Å². The summed E-state index contributed by atoms with van der Waals surface area (Å²) < 4.78 is 0. The maximum absolute atomic E-state index is 13.4. The van der Waals surface area contributed by atoms with Crippen LogP contribution in [0.5, 0.6) is 0 Å². The summed E-state index contributed by atoms with van der Waals surface area (Å²) in [6.45, 7) is 6.23. The zero-order valence-electron chi connectivity index (χ0n) is 18.0. The standard InChI is InChI=1S/C26H25ClN4O/c1-19-11-12-20(27)17-23(19)28-25-22-9-5-6-10-24(22)31(26(25)32)18-29-13-15-30(16-14-29)21-7-3-2-4-8-21/h2-12,17H,13-16,18H2,1H3. The van der Waals surface area contributed by atoms with E-state index in [1.54, 1.807) is 0 Å². The first-order valence-electron chi connectivity index (χ1n) is 10.9. The van der Waals surface area contributed by atoms with Gasteiger partial charge in [0.25, 0.3) is 5.91 Å². The second-order valence-corrected chi connectivity index (χ2v) is 8.66. The average molecular weight is 445 g/mol. The van der Waals surface area contributed by atoms with E-state index in [1.807, 2.05) is 60.4 Å². The largest absolute Gasteiger partial charge is 0.369 e. The molecule has 0 unspecified atom stereocenters. The van der Waals surface area contributed by atoms with Gasteiger partial charge in [0.05, 0.1) is 18.0 Å². The lowest BCUT2D eigenvalue weighted by atomic mass is 10.1. The highest BCUT2D eigenvalue weighted by Crippen LogP contribution is 2.32. The Morgan fingerprint density at radius 3 is 2.41 bits per heavy atom. The van der Waals surface area contributed by atoms with Crippen molar-refractivity contribution in [3.8, 4) is 0 Å². The smallest absolute Gasteiger partial charge is 0.278 e. The van der Waals surface area contributed by atoms with Gasteiger partial charge in [0, 0.05) is 42.5 Å². The van der Waals surface area contributed by atoms with Gasteiger partial charge >= 0.3 is 0 Å². The van der Waals surface area contributed by atoms with Gasteiger partial charge in [-0.1, -0.05) is 54.1 Å². The van der Waals surface area contributed by atoms with Crippen LogP contribution in [-0.2, 0) is 4.79 Å². The molecule has 3 aromatic rings. The minimum atomic E-state index is -0.0592. The maximum Gasteiger partial charge on any atom is 0.278 e. The zero-order valence-corrected chi connectivity index (χ0v) is 18.8. The van der Waals surface area contributed by atoms with E-state index < -0.39 is 0 Å². The first kappa shape index (κ1) is 20.7. The van der Waals surface area contributed by atoms with Gasteiger partial charge in [-0.05, 0) is 42.8 Å². The van der Waals surface area contributed by atoms with Crippen molar-refractivity contribution in [2.75, 3.05) is 42.6 Å². The van der Waals surface area contributed by atoms with Crippen LogP contribution in [-0.4, -0.2) is 49.4 Å². The Morgan fingerprint density at radius 1 is 0.906 bits per heavy atom. The number of aryl methyl sites for hydroxylation is 1. The van der Waals surface area contributed by atoms with Crippen LogP contribution in [0.25, 0.3) is 0 Å². The Bertz CT molecular complexity index is 1170. The zero-order chi connectivity index (χ0) is 22.1. The third-order valence-corrected chi connectivity index (χ3v) is 6.37. The van der Waals surface area contributed by atoms with E-state index in [9.17, 15) is 4.79 Å². The number of carbonyl (C=O) groups is 1. The van der Waals surface area contributed by atoms with E-state index in [4.69, 9.17) is 16.6 Å². The highest BCUT2D eigenvalue weighted by Gasteiger charge is 2.35. The van der Waals surface area contributed by atoms with Gasteiger partial charge in [0.2, 0.25) is 0 Å². The van der Waals surface area contributed by atoms with Gasteiger partial charge in [-0.2, -0.15) is 0 Å². The minimum absolute atomic E-state index is 0.0592. The Kier molecular flexibility index (Phi) is 5.68. The number of anilines is 2. The van der Waals surface area contributed by atoms with Crippen LogP contribution < -0.4 is 9.80 Å². The number of rotatable bonds is 4. The lowest BCUT2D eigenvalue weighted by Crippen LogP contribution is -2.51. The second kappa shape index (κ2) is 8.77. The third kappa shape index (κ3) is 4.01. The average Bonchev–Trinajstić information content (AvgIpc) is 3.08. The Hall–Kier alpha value is -3.15. The molecule has 0 radical (unpaired) electrons. The summed E-state index contributed by atoms with van der Waals surface area (Å²) in [6, 6.07) is 24.0. The molecule has 2 heterocycles. The van der Waals surface area contributed by atoms with Gasteiger partial charge in [0.15, 0.2) is 0 Å². The highest BCUT2D eigenvalue weighted by molar-refractivity contribution is 6.54. The van der Waals surface area contributed by atoms with Crippen LogP contribution in [0.15, 0.2) is 77.8 Å². The summed E-state index contributed by atoms with van der Waals surface area (Å²) in [4.78, 5) is 24.8. The van der Waals surface area contributed by atoms with Crippen LogP contribution in [0, 0.1) is 6.92 Å². The number of para-hydroxylation sites is 2. The molecule has 2 aliphatic rings. The molecule has 5 nitrogen and oxygen atoms in total. The van der Waals surface area contributed by atoms with Gasteiger partial charge in [-0.3, -0.25) is 14.6 Å². The van der Waals surface area contributed by atoms with Crippen molar-refractivity contribution in [1.29, 1.82) is 0 Å². The SMILES string of the molecule is Cc1ccc(Cl)cc1N=C1C(=O)N(CN2CCN(c3ccccc3)CC2)c2ccccc21.